The molecule has 0 saturated carbocycles. The molecule has 0 aliphatic rings. The van der Waals surface area contributed by atoms with Crippen LogP contribution in [-0.2, 0) is 13.0 Å². The summed E-state index contributed by atoms with van der Waals surface area (Å²) in [6.07, 6.45) is 4.59. The Balaban J connectivity index is 2.15. The second-order valence-corrected chi connectivity index (χ2v) is 4.18. The quantitative estimate of drug-likeness (QED) is 0.846. The third kappa shape index (κ3) is 3.08. The van der Waals surface area contributed by atoms with Crippen LogP contribution in [-0.4, -0.2) is 33.9 Å². The second-order valence-electron chi connectivity index (χ2n) is 4.18. The highest BCUT2D eigenvalue weighted by molar-refractivity contribution is 5.15. The molecule has 0 aromatic carbocycles. The van der Waals surface area contributed by atoms with Gasteiger partial charge in [0.1, 0.15) is 5.82 Å². The summed E-state index contributed by atoms with van der Waals surface area (Å²) in [6, 6.07) is 3.83. The van der Waals surface area contributed by atoms with Gasteiger partial charge in [-0.15, -0.1) is 5.10 Å². The lowest BCUT2D eigenvalue weighted by molar-refractivity contribution is 0.389. The van der Waals surface area contributed by atoms with Crippen LogP contribution in [0, 0.1) is 0 Å². The second kappa shape index (κ2) is 6.29. The number of likely N-dealkylation sites (N-methyl/N-ethyl adjacent to an activating group) is 1. The molecule has 2 aromatic rings. The number of aryl methyl sites for hydroxylation is 1. The number of nitrogens with one attached hydrogen (secondary N) is 1. The zero-order valence-corrected chi connectivity index (χ0v) is 11.5. The molecule has 2 heterocycles. The molecule has 0 aliphatic heterocycles. The number of methoxy groups -OCH3 is 1. The molecule has 0 spiro atoms. The number of rotatable bonds is 6. The third-order valence-electron chi connectivity index (χ3n) is 3.10. The van der Waals surface area contributed by atoms with Gasteiger partial charge < -0.3 is 14.6 Å². The van der Waals surface area contributed by atoms with E-state index in [1.165, 1.54) is 0 Å². The van der Waals surface area contributed by atoms with E-state index in [0.717, 1.165) is 24.5 Å². The Labute approximate surface area is 112 Å². The molecule has 0 radical (unpaired) electrons. The molecule has 0 aliphatic carbocycles. The number of aromatic nitrogens is 4. The van der Waals surface area contributed by atoms with Crippen molar-refractivity contribution in [2.75, 3.05) is 14.2 Å². The fourth-order valence-electron chi connectivity index (χ4n) is 1.98. The van der Waals surface area contributed by atoms with Crippen molar-refractivity contribution >= 4 is 0 Å². The summed E-state index contributed by atoms with van der Waals surface area (Å²) in [5, 5.41) is 11.4. The molecule has 0 fully saturated rings. The maximum absolute atomic E-state index is 5.01. The van der Waals surface area contributed by atoms with Crippen LogP contribution in [0.1, 0.15) is 24.5 Å². The molecule has 1 unspecified atom stereocenters. The normalized spacial score (nSPS) is 12.4. The minimum Gasteiger partial charge on any atom is -0.480 e. The zero-order chi connectivity index (χ0) is 13.7. The lowest BCUT2D eigenvalue weighted by Crippen LogP contribution is -2.22. The average Bonchev–Trinajstić information content (AvgIpc) is 2.92. The maximum Gasteiger partial charge on any atom is 0.233 e. The van der Waals surface area contributed by atoms with E-state index in [-0.39, 0.29) is 6.04 Å². The lowest BCUT2D eigenvalue weighted by atomic mass is 10.1. The Kier molecular flexibility index (Phi) is 4.46. The highest BCUT2D eigenvalue weighted by atomic mass is 16.5. The van der Waals surface area contributed by atoms with Gasteiger partial charge in [-0.05, 0) is 20.0 Å². The first kappa shape index (κ1) is 13.5. The SMILES string of the molecule is CCn1ccnc1CC(NC)c1ccc(OC)nn1. The van der Waals surface area contributed by atoms with Crippen molar-refractivity contribution in [3.8, 4) is 5.88 Å². The monoisotopic (exact) mass is 261 g/mol. The third-order valence-corrected chi connectivity index (χ3v) is 3.10. The maximum atomic E-state index is 5.01. The topological polar surface area (TPSA) is 64.9 Å². The van der Waals surface area contributed by atoms with Gasteiger partial charge in [0, 0.05) is 31.4 Å². The van der Waals surface area contributed by atoms with Crippen molar-refractivity contribution in [2.45, 2.75) is 25.9 Å². The van der Waals surface area contributed by atoms with Crippen molar-refractivity contribution in [1.82, 2.24) is 25.1 Å². The Hall–Kier alpha value is -1.95. The van der Waals surface area contributed by atoms with Crippen LogP contribution in [0.25, 0.3) is 0 Å². The van der Waals surface area contributed by atoms with Crippen LogP contribution in [0.2, 0.25) is 0 Å². The molecule has 1 N–H and O–H groups in total. The van der Waals surface area contributed by atoms with E-state index in [1.807, 2.05) is 31.6 Å². The molecule has 0 bridgehead atoms. The van der Waals surface area contributed by atoms with Gasteiger partial charge >= 0.3 is 0 Å². The van der Waals surface area contributed by atoms with Gasteiger partial charge in [-0.2, -0.15) is 5.10 Å². The number of nitrogens with zero attached hydrogens (tertiary/aromatic N) is 4. The van der Waals surface area contributed by atoms with E-state index in [2.05, 4.69) is 32.0 Å². The molecule has 1 atom stereocenters. The minimum atomic E-state index is 0.0890. The summed E-state index contributed by atoms with van der Waals surface area (Å²) in [7, 11) is 3.49. The van der Waals surface area contributed by atoms with Crippen molar-refractivity contribution in [3.05, 3.63) is 36.0 Å². The summed E-state index contributed by atoms with van der Waals surface area (Å²) in [6.45, 7) is 3.02. The zero-order valence-electron chi connectivity index (χ0n) is 11.5. The van der Waals surface area contributed by atoms with Crippen LogP contribution in [0.5, 0.6) is 5.88 Å². The predicted octanol–water partition coefficient (Wildman–Crippen LogP) is 1.20. The molecule has 0 saturated heterocycles. The van der Waals surface area contributed by atoms with Crippen molar-refractivity contribution < 1.29 is 4.74 Å². The van der Waals surface area contributed by atoms with E-state index in [1.54, 1.807) is 7.11 Å². The summed E-state index contributed by atoms with van der Waals surface area (Å²) in [5.41, 5.74) is 0.883. The molecular formula is C13H19N5O. The number of hydrogen-bond donors (Lipinski definition) is 1. The van der Waals surface area contributed by atoms with Crippen LogP contribution >= 0.6 is 0 Å². The average molecular weight is 261 g/mol. The molecule has 0 amide bonds. The standard InChI is InChI=1S/C13H19N5O/c1-4-18-8-7-15-12(18)9-11(14-2)10-5-6-13(19-3)17-16-10/h5-8,11,14H,4,9H2,1-3H3. The van der Waals surface area contributed by atoms with Crippen molar-refractivity contribution in [3.63, 3.8) is 0 Å². The Morgan fingerprint density at radius 2 is 2.21 bits per heavy atom. The fourth-order valence-corrected chi connectivity index (χ4v) is 1.98. The first-order valence-corrected chi connectivity index (χ1v) is 6.33. The van der Waals surface area contributed by atoms with Crippen LogP contribution in [0.4, 0.5) is 0 Å². The molecule has 6 nitrogen and oxygen atoms in total. The van der Waals surface area contributed by atoms with Crippen LogP contribution < -0.4 is 10.1 Å². The summed E-state index contributed by atoms with van der Waals surface area (Å²) in [4.78, 5) is 4.38. The van der Waals surface area contributed by atoms with Gasteiger partial charge in [0.2, 0.25) is 5.88 Å². The molecule has 2 rings (SSSR count). The Morgan fingerprint density at radius 1 is 1.37 bits per heavy atom. The Bertz CT molecular complexity index is 508. The fraction of sp³-hybridized carbons (Fsp3) is 0.462. The van der Waals surface area contributed by atoms with Crippen LogP contribution in [0.15, 0.2) is 24.5 Å². The first-order chi connectivity index (χ1) is 9.28. The van der Waals surface area contributed by atoms with E-state index < -0.39 is 0 Å². The predicted molar refractivity (Wildman–Crippen MR) is 72.0 cm³/mol. The van der Waals surface area contributed by atoms with E-state index in [0.29, 0.717) is 5.88 Å². The van der Waals surface area contributed by atoms with E-state index in [9.17, 15) is 0 Å². The lowest BCUT2D eigenvalue weighted by Gasteiger charge is -2.15. The molecule has 102 valence electrons. The van der Waals surface area contributed by atoms with E-state index in [4.69, 9.17) is 4.74 Å². The summed E-state index contributed by atoms with van der Waals surface area (Å²) >= 11 is 0. The van der Waals surface area contributed by atoms with Crippen molar-refractivity contribution in [2.24, 2.45) is 0 Å². The van der Waals surface area contributed by atoms with E-state index >= 15 is 0 Å². The van der Waals surface area contributed by atoms with Gasteiger partial charge in [-0.1, -0.05) is 0 Å². The largest absolute Gasteiger partial charge is 0.480 e. The first-order valence-electron chi connectivity index (χ1n) is 6.33. The van der Waals surface area contributed by atoms with Gasteiger partial charge in [-0.3, -0.25) is 0 Å². The summed E-state index contributed by atoms with van der Waals surface area (Å²) < 4.78 is 7.14. The van der Waals surface area contributed by atoms with Crippen molar-refractivity contribution in [1.29, 1.82) is 0 Å². The van der Waals surface area contributed by atoms with Gasteiger partial charge in [0.05, 0.1) is 18.8 Å². The molecule has 6 heteroatoms. The number of hydrogen-bond acceptors (Lipinski definition) is 5. The number of imidazole rings is 1. The van der Waals surface area contributed by atoms with Gasteiger partial charge in [0.25, 0.3) is 0 Å². The number of ether oxygens (including phenoxy) is 1. The molecular weight excluding hydrogens is 242 g/mol. The smallest absolute Gasteiger partial charge is 0.233 e. The summed E-state index contributed by atoms with van der Waals surface area (Å²) in [5.74, 6) is 1.56. The van der Waals surface area contributed by atoms with Gasteiger partial charge in [0.15, 0.2) is 0 Å². The molecule has 19 heavy (non-hydrogen) atoms. The van der Waals surface area contributed by atoms with Crippen LogP contribution in [0.3, 0.4) is 0 Å². The highest BCUT2D eigenvalue weighted by Gasteiger charge is 2.15. The Morgan fingerprint density at radius 3 is 2.79 bits per heavy atom. The molecule has 2 aromatic heterocycles. The minimum absolute atomic E-state index is 0.0890. The van der Waals surface area contributed by atoms with Gasteiger partial charge in [-0.25, -0.2) is 4.98 Å². The highest BCUT2D eigenvalue weighted by Crippen LogP contribution is 2.16.